The van der Waals surface area contributed by atoms with E-state index in [2.05, 4.69) is 4.98 Å². The Morgan fingerprint density at radius 1 is 0.897 bits per heavy atom. The molecule has 146 valence electrons. The molecule has 0 saturated carbocycles. The second kappa shape index (κ2) is 8.29. The number of anilines is 1. The van der Waals surface area contributed by atoms with E-state index in [9.17, 15) is 0 Å². The van der Waals surface area contributed by atoms with Gasteiger partial charge in [0.1, 0.15) is 18.1 Å². The van der Waals surface area contributed by atoms with Gasteiger partial charge in [0.15, 0.2) is 11.5 Å². The van der Waals surface area contributed by atoms with Crippen molar-refractivity contribution >= 4 is 28.2 Å². The van der Waals surface area contributed by atoms with Gasteiger partial charge in [-0.2, -0.15) is 0 Å². The molecule has 4 aromatic rings. The summed E-state index contributed by atoms with van der Waals surface area (Å²) >= 11 is 6.25. The third kappa shape index (κ3) is 4.20. The van der Waals surface area contributed by atoms with Crippen molar-refractivity contribution in [2.45, 2.75) is 6.61 Å². The van der Waals surface area contributed by atoms with Gasteiger partial charge < -0.3 is 19.9 Å². The Labute approximate surface area is 173 Å². The van der Waals surface area contributed by atoms with E-state index in [1.54, 1.807) is 37.6 Å². The first-order valence-electron chi connectivity index (χ1n) is 9.00. The number of nitrogens with zero attached hydrogens (tertiary/aromatic N) is 1. The van der Waals surface area contributed by atoms with Gasteiger partial charge in [-0.1, -0.05) is 41.9 Å². The molecular weight excluding hydrogens is 388 g/mol. The molecule has 4 rings (SSSR count). The van der Waals surface area contributed by atoms with E-state index in [1.807, 2.05) is 42.5 Å². The summed E-state index contributed by atoms with van der Waals surface area (Å²) in [4.78, 5) is 4.44. The number of methoxy groups -OCH3 is 1. The van der Waals surface area contributed by atoms with E-state index in [-0.39, 0.29) is 0 Å². The van der Waals surface area contributed by atoms with E-state index in [0.717, 1.165) is 16.5 Å². The molecule has 0 spiro atoms. The molecule has 29 heavy (non-hydrogen) atoms. The van der Waals surface area contributed by atoms with Crippen LogP contribution in [0.15, 0.2) is 72.9 Å². The monoisotopic (exact) mass is 406 g/mol. The Hall–Kier alpha value is -3.44. The quantitative estimate of drug-likeness (QED) is 0.407. The molecular formula is C23H19ClN2O3. The molecule has 0 radical (unpaired) electrons. The number of hydrogen-bond donors (Lipinski definition) is 1. The summed E-state index contributed by atoms with van der Waals surface area (Å²) in [5, 5.41) is 1.22. The van der Waals surface area contributed by atoms with E-state index in [4.69, 9.17) is 31.5 Å². The molecule has 0 aliphatic rings. The highest BCUT2D eigenvalue weighted by molar-refractivity contribution is 6.32. The van der Waals surface area contributed by atoms with Crippen LogP contribution in [-0.2, 0) is 6.61 Å². The molecule has 0 saturated heterocycles. The van der Waals surface area contributed by atoms with Gasteiger partial charge in [-0.15, -0.1) is 0 Å². The molecule has 0 aliphatic heterocycles. The summed E-state index contributed by atoms with van der Waals surface area (Å²) in [6, 6.07) is 20.5. The fraction of sp³-hybridized carbons (Fsp3) is 0.0870. The molecule has 5 nitrogen and oxygen atoms in total. The molecule has 0 aliphatic carbocycles. The van der Waals surface area contributed by atoms with E-state index >= 15 is 0 Å². The van der Waals surface area contributed by atoms with Crippen molar-refractivity contribution in [3.63, 3.8) is 0 Å². The lowest BCUT2D eigenvalue weighted by Crippen LogP contribution is -1.98. The normalized spacial score (nSPS) is 10.7. The van der Waals surface area contributed by atoms with E-state index in [0.29, 0.717) is 40.3 Å². The minimum absolute atomic E-state index is 0.430. The summed E-state index contributed by atoms with van der Waals surface area (Å²) in [7, 11) is 1.60. The Morgan fingerprint density at radius 2 is 1.72 bits per heavy atom. The molecule has 1 aromatic heterocycles. The molecule has 0 fully saturated rings. The van der Waals surface area contributed by atoms with E-state index < -0.39 is 0 Å². The number of nitrogens with two attached hydrogens (primary N) is 1. The molecule has 6 heteroatoms. The van der Waals surface area contributed by atoms with Crippen LogP contribution in [0.25, 0.3) is 10.9 Å². The minimum atomic E-state index is 0.430. The smallest absolute Gasteiger partial charge is 0.163 e. The number of benzene rings is 3. The molecule has 0 amide bonds. The van der Waals surface area contributed by atoms with Crippen molar-refractivity contribution in [1.29, 1.82) is 0 Å². The molecule has 0 atom stereocenters. The topological polar surface area (TPSA) is 66.6 Å². The number of aromatic nitrogens is 1. The summed E-state index contributed by atoms with van der Waals surface area (Å²) in [6.07, 6.45) is 1.68. The lowest BCUT2D eigenvalue weighted by atomic mass is 10.1. The molecule has 3 aromatic carbocycles. The molecule has 1 heterocycles. The zero-order valence-corrected chi connectivity index (χ0v) is 16.5. The summed E-state index contributed by atoms with van der Waals surface area (Å²) in [6.45, 7) is 0.430. The largest absolute Gasteiger partial charge is 0.493 e. The highest BCUT2D eigenvalue weighted by atomic mass is 35.5. The van der Waals surface area contributed by atoms with Crippen LogP contribution in [-0.4, -0.2) is 12.1 Å². The number of ether oxygens (including phenoxy) is 3. The minimum Gasteiger partial charge on any atom is -0.493 e. The van der Waals surface area contributed by atoms with Gasteiger partial charge in [-0.05, 0) is 35.9 Å². The van der Waals surface area contributed by atoms with Crippen molar-refractivity contribution in [3.05, 3.63) is 83.5 Å². The first-order valence-corrected chi connectivity index (χ1v) is 9.38. The zero-order chi connectivity index (χ0) is 20.2. The van der Waals surface area contributed by atoms with Gasteiger partial charge in [-0.3, -0.25) is 4.98 Å². The third-order valence-electron chi connectivity index (χ3n) is 4.40. The van der Waals surface area contributed by atoms with E-state index in [1.165, 1.54) is 0 Å². The Kier molecular flexibility index (Phi) is 5.40. The fourth-order valence-corrected chi connectivity index (χ4v) is 3.17. The standard InChI is InChI=1S/C23H19ClN2O3/c1-27-22-12-17-19(13-23(22)28-14-15-5-3-2-4-6-15)26-10-9-20(17)29-21-8-7-16(25)11-18(21)24/h2-13H,14,25H2,1H3. The lowest BCUT2D eigenvalue weighted by molar-refractivity contribution is 0.285. The fourth-order valence-electron chi connectivity index (χ4n) is 2.94. The van der Waals surface area contributed by atoms with Crippen molar-refractivity contribution in [3.8, 4) is 23.0 Å². The van der Waals surface area contributed by atoms with Crippen LogP contribution in [0.1, 0.15) is 5.56 Å². The zero-order valence-electron chi connectivity index (χ0n) is 15.8. The maximum atomic E-state index is 6.25. The van der Waals surface area contributed by atoms with Crippen LogP contribution >= 0.6 is 11.6 Å². The van der Waals surface area contributed by atoms with Gasteiger partial charge in [0.25, 0.3) is 0 Å². The Balaban J connectivity index is 1.67. The average molecular weight is 407 g/mol. The van der Waals surface area contributed by atoms with Crippen molar-refractivity contribution in [1.82, 2.24) is 4.98 Å². The second-order valence-electron chi connectivity index (χ2n) is 6.40. The number of rotatable bonds is 6. The number of nitrogen functional groups attached to an aromatic ring is 1. The summed E-state index contributed by atoms with van der Waals surface area (Å²) < 4.78 is 17.5. The van der Waals surface area contributed by atoms with Crippen LogP contribution in [0.5, 0.6) is 23.0 Å². The number of fused-ring (bicyclic) bond motifs is 1. The molecule has 0 unspecified atom stereocenters. The van der Waals surface area contributed by atoms with Crippen LogP contribution in [0.3, 0.4) is 0 Å². The molecule has 0 bridgehead atoms. The SMILES string of the molecule is COc1cc2c(Oc3ccc(N)cc3Cl)ccnc2cc1OCc1ccccc1. The van der Waals surface area contributed by atoms with Gasteiger partial charge in [0, 0.05) is 23.3 Å². The highest BCUT2D eigenvalue weighted by Crippen LogP contribution is 2.39. The van der Waals surface area contributed by atoms with Crippen molar-refractivity contribution < 1.29 is 14.2 Å². The number of hydrogen-bond acceptors (Lipinski definition) is 5. The van der Waals surface area contributed by atoms with Gasteiger partial charge in [-0.25, -0.2) is 0 Å². The predicted octanol–water partition coefficient (Wildman–Crippen LogP) is 5.85. The molecule has 2 N–H and O–H groups in total. The average Bonchev–Trinajstić information content (AvgIpc) is 2.74. The summed E-state index contributed by atoms with van der Waals surface area (Å²) in [5.41, 5.74) is 8.12. The third-order valence-corrected chi connectivity index (χ3v) is 4.70. The highest BCUT2D eigenvalue weighted by Gasteiger charge is 2.13. The Bertz CT molecular complexity index is 1150. The van der Waals surface area contributed by atoms with Gasteiger partial charge in [0.2, 0.25) is 0 Å². The van der Waals surface area contributed by atoms with Crippen LogP contribution in [0, 0.1) is 0 Å². The van der Waals surface area contributed by atoms with Crippen LogP contribution in [0.2, 0.25) is 5.02 Å². The first kappa shape index (κ1) is 18.9. The van der Waals surface area contributed by atoms with Gasteiger partial charge in [0.05, 0.1) is 17.6 Å². The van der Waals surface area contributed by atoms with Crippen molar-refractivity contribution in [2.24, 2.45) is 0 Å². The first-order chi connectivity index (χ1) is 14.1. The number of halogens is 1. The van der Waals surface area contributed by atoms with Crippen LogP contribution < -0.4 is 19.9 Å². The van der Waals surface area contributed by atoms with Crippen LogP contribution in [0.4, 0.5) is 5.69 Å². The second-order valence-corrected chi connectivity index (χ2v) is 6.80. The van der Waals surface area contributed by atoms with Crippen molar-refractivity contribution in [2.75, 3.05) is 12.8 Å². The summed E-state index contributed by atoms with van der Waals surface area (Å²) in [5.74, 6) is 2.32. The maximum Gasteiger partial charge on any atom is 0.163 e. The van der Waals surface area contributed by atoms with Gasteiger partial charge >= 0.3 is 0 Å². The predicted molar refractivity (Wildman–Crippen MR) is 115 cm³/mol. The lowest BCUT2D eigenvalue weighted by Gasteiger charge is -2.14. The Morgan fingerprint density at radius 3 is 2.48 bits per heavy atom. The number of pyridine rings is 1. The maximum absolute atomic E-state index is 6.25.